The molecule has 0 saturated carbocycles. The molecule has 1 amide bonds. The first kappa shape index (κ1) is 16.6. The second kappa shape index (κ2) is 7.15. The fraction of sp³-hybridized carbons (Fsp3) is 0.818. The van der Waals surface area contributed by atoms with Gasteiger partial charge >= 0.3 is 6.09 Å². The molecule has 0 saturated heterocycles. The van der Waals surface area contributed by atoms with Crippen LogP contribution in [0, 0.1) is 5.92 Å². The van der Waals surface area contributed by atoms with Crippen molar-refractivity contribution < 1.29 is 19.2 Å². The number of alkyl halides is 1. The van der Waals surface area contributed by atoms with Crippen molar-refractivity contribution in [2.45, 2.75) is 46.3 Å². The van der Waals surface area contributed by atoms with Crippen molar-refractivity contribution >= 4 is 35.0 Å². The Bertz CT molecular complexity index is 263. The number of amides is 1. The topological polar surface area (TPSA) is 55.8 Å². The van der Waals surface area contributed by atoms with Gasteiger partial charge in [-0.15, -0.1) is 0 Å². The molecule has 0 aliphatic rings. The minimum atomic E-state index is -0.764. The van der Waals surface area contributed by atoms with Crippen LogP contribution in [0.15, 0.2) is 0 Å². The first-order valence-electron chi connectivity index (χ1n) is 5.31. The number of carbonyl (C=O) groups excluding carboxylic acids is 2. The van der Waals surface area contributed by atoms with Crippen LogP contribution in [-0.2, 0) is 14.4 Å². The predicted molar refractivity (Wildman–Crippen MR) is 72.4 cm³/mol. The van der Waals surface area contributed by atoms with Gasteiger partial charge in [-0.3, -0.25) is 9.63 Å². The van der Waals surface area contributed by atoms with Gasteiger partial charge in [0.2, 0.25) is 6.29 Å². The highest BCUT2D eigenvalue weighted by Gasteiger charge is 2.31. The number of nitrogens with zero attached hydrogens (tertiary/aromatic N) is 1. The lowest BCUT2D eigenvalue weighted by atomic mass is 10.1. The number of hydroxylamine groups is 2. The summed E-state index contributed by atoms with van der Waals surface area (Å²) in [6, 6.07) is -0.764. The highest BCUT2D eigenvalue weighted by molar-refractivity contribution is 14.1. The van der Waals surface area contributed by atoms with Crippen molar-refractivity contribution in [3.63, 3.8) is 0 Å². The number of halogens is 1. The smallest absolute Gasteiger partial charge is 0.435 e. The molecular formula is C11H19INO4. The van der Waals surface area contributed by atoms with Gasteiger partial charge in [-0.2, -0.15) is 5.06 Å². The van der Waals surface area contributed by atoms with Gasteiger partial charge in [0.05, 0.1) is 0 Å². The summed E-state index contributed by atoms with van der Waals surface area (Å²) in [4.78, 5) is 27.9. The van der Waals surface area contributed by atoms with Crippen LogP contribution >= 0.6 is 22.6 Å². The van der Waals surface area contributed by atoms with Crippen molar-refractivity contribution in [2.75, 3.05) is 4.61 Å². The van der Waals surface area contributed by atoms with E-state index < -0.39 is 17.7 Å². The molecule has 0 N–H and O–H groups in total. The molecule has 0 aromatic carbocycles. The van der Waals surface area contributed by atoms with E-state index in [2.05, 4.69) is 0 Å². The van der Waals surface area contributed by atoms with E-state index in [1.54, 1.807) is 27.1 Å². The Hall–Kier alpha value is -0.370. The molecule has 0 spiro atoms. The zero-order valence-electron chi connectivity index (χ0n) is 10.8. The normalized spacial score (nSPS) is 13.4. The molecule has 6 heteroatoms. The monoisotopic (exact) mass is 356 g/mol. The highest BCUT2D eigenvalue weighted by Crippen LogP contribution is 2.16. The third-order valence-corrected chi connectivity index (χ3v) is 2.04. The molecule has 0 bridgehead atoms. The maximum absolute atomic E-state index is 11.9. The van der Waals surface area contributed by atoms with Gasteiger partial charge in [0, 0.05) is 0 Å². The van der Waals surface area contributed by atoms with Gasteiger partial charge in [0.15, 0.2) is 0 Å². The van der Waals surface area contributed by atoms with Gasteiger partial charge in [0.25, 0.3) is 0 Å². The maximum Gasteiger partial charge on any atom is 0.435 e. The van der Waals surface area contributed by atoms with Gasteiger partial charge < -0.3 is 4.74 Å². The van der Waals surface area contributed by atoms with Crippen LogP contribution in [0.1, 0.15) is 34.6 Å². The Balaban J connectivity index is 4.82. The quantitative estimate of drug-likeness (QED) is 0.432. The van der Waals surface area contributed by atoms with E-state index in [-0.39, 0.29) is 10.5 Å². The van der Waals surface area contributed by atoms with Crippen LogP contribution in [0.3, 0.4) is 0 Å². The fourth-order valence-corrected chi connectivity index (χ4v) is 1.36. The van der Waals surface area contributed by atoms with Crippen molar-refractivity contribution in [1.82, 2.24) is 5.06 Å². The molecule has 0 rings (SSSR count). The third kappa shape index (κ3) is 6.21. The van der Waals surface area contributed by atoms with Crippen molar-refractivity contribution in [3.05, 3.63) is 0 Å². The molecule has 17 heavy (non-hydrogen) atoms. The van der Waals surface area contributed by atoms with Crippen LogP contribution < -0.4 is 0 Å². The van der Waals surface area contributed by atoms with Crippen LogP contribution in [0.4, 0.5) is 4.79 Å². The van der Waals surface area contributed by atoms with Gasteiger partial charge in [-0.1, -0.05) is 36.4 Å². The summed E-state index contributed by atoms with van der Waals surface area (Å²) < 4.78 is 5.42. The number of hydrogen-bond acceptors (Lipinski definition) is 4. The molecule has 1 unspecified atom stereocenters. The Labute approximate surface area is 116 Å². The second-order valence-corrected chi connectivity index (χ2v) is 5.47. The summed E-state index contributed by atoms with van der Waals surface area (Å²) in [6.45, 7) is 8.87. The molecule has 1 radical (unpaired) electrons. The number of ether oxygens (including phenoxy) is 1. The molecule has 0 fully saturated rings. The molecule has 0 aliphatic heterocycles. The SMILES string of the molecule is CC(C)C([C]=O)N(OCI)C(=O)OC(C)(C)C. The van der Waals surface area contributed by atoms with Gasteiger partial charge in [-0.05, 0) is 26.7 Å². The molecule has 0 aromatic rings. The Morgan fingerprint density at radius 1 is 1.41 bits per heavy atom. The van der Waals surface area contributed by atoms with Gasteiger partial charge in [-0.25, -0.2) is 4.79 Å². The Kier molecular flexibility index (Phi) is 6.99. The zero-order chi connectivity index (χ0) is 13.6. The Morgan fingerprint density at radius 2 is 1.94 bits per heavy atom. The van der Waals surface area contributed by atoms with E-state index >= 15 is 0 Å². The first-order chi connectivity index (χ1) is 7.72. The van der Waals surface area contributed by atoms with E-state index in [4.69, 9.17) is 9.57 Å². The van der Waals surface area contributed by atoms with E-state index in [0.29, 0.717) is 0 Å². The third-order valence-electron chi connectivity index (χ3n) is 1.77. The number of carbonyl (C=O) groups is 1. The van der Waals surface area contributed by atoms with Crippen LogP contribution in [-0.4, -0.2) is 33.7 Å². The van der Waals surface area contributed by atoms with Crippen molar-refractivity contribution in [2.24, 2.45) is 5.92 Å². The summed E-state index contributed by atoms with van der Waals surface area (Å²) in [5.74, 6) is -0.0945. The average molecular weight is 356 g/mol. The lowest BCUT2D eigenvalue weighted by Crippen LogP contribution is -2.46. The summed E-state index contributed by atoms with van der Waals surface area (Å²) in [5.41, 5.74) is -0.631. The number of hydrogen-bond donors (Lipinski definition) is 0. The minimum absolute atomic E-state index is 0.0945. The molecule has 99 valence electrons. The molecule has 0 heterocycles. The molecule has 0 aliphatic carbocycles. The van der Waals surface area contributed by atoms with E-state index in [9.17, 15) is 9.59 Å². The van der Waals surface area contributed by atoms with Crippen LogP contribution in [0.25, 0.3) is 0 Å². The zero-order valence-corrected chi connectivity index (χ0v) is 13.0. The number of rotatable bonds is 5. The average Bonchev–Trinajstić information content (AvgIpc) is 2.14. The van der Waals surface area contributed by atoms with Gasteiger partial charge in [0.1, 0.15) is 16.3 Å². The summed E-state index contributed by atoms with van der Waals surface area (Å²) >= 11 is 1.94. The maximum atomic E-state index is 11.9. The summed E-state index contributed by atoms with van der Waals surface area (Å²) in [7, 11) is 0. The lowest BCUT2D eigenvalue weighted by Gasteiger charge is -2.30. The van der Waals surface area contributed by atoms with E-state index in [0.717, 1.165) is 5.06 Å². The molecule has 5 nitrogen and oxygen atoms in total. The molecule has 0 aromatic heterocycles. The standard InChI is InChI=1S/C11H19INO4/c1-8(2)9(6-14)13(16-7-12)10(15)17-11(3,4)5/h8-9H,7H2,1-5H3. The summed E-state index contributed by atoms with van der Waals surface area (Å²) in [6.07, 6.45) is 1.13. The largest absolute Gasteiger partial charge is 0.442 e. The van der Waals surface area contributed by atoms with E-state index in [1.807, 2.05) is 36.4 Å². The molecule has 1 atom stereocenters. The summed E-state index contributed by atoms with van der Waals surface area (Å²) in [5, 5.41) is 0.954. The fourth-order valence-electron chi connectivity index (χ4n) is 1.06. The van der Waals surface area contributed by atoms with E-state index in [1.165, 1.54) is 0 Å². The minimum Gasteiger partial charge on any atom is -0.442 e. The second-order valence-electron chi connectivity index (χ2n) is 4.85. The van der Waals surface area contributed by atoms with Crippen molar-refractivity contribution in [3.8, 4) is 0 Å². The van der Waals surface area contributed by atoms with Crippen LogP contribution in [0.2, 0.25) is 0 Å². The predicted octanol–water partition coefficient (Wildman–Crippen LogP) is 2.68. The Morgan fingerprint density at radius 3 is 2.24 bits per heavy atom. The lowest BCUT2D eigenvalue weighted by molar-refractivity contribution is -0.145. The van der Waals surface area contributed by atoms with Crippen LogP contribution in [0.5, 0.6) is 0 Å². The first-order valence-corrected chi connectivity index (χ1v) is 6.84. The van der Waals surface area contributed by atoms with Crippen molar-refractivity contribution in [1.29, 1.82) is 0 Å². The highest BCUT2D eigenvalue weighted by atomic mass is 127. The molecular weight excluding hydrogens is 337 g/mol.